The fourth-order valence-electron chi connectivity index (χ4n) is 2.79. The molecule has 3 aromatic rings. The van der Waals surface area contributed by atoms with Crippen LogP contribution in [0.3, 0.4) is 0 Å². The molecule has 0 radical (unpaired) electrons. The zero-order chi connectivity index (χ0) is 23.6. The molecule has 33 heavy (non-hydrogen) atoms. The summed E-state index contributed by atoms with van der Waals surface area (Å²) in [6.45, 7) is -6.69. The number of carbonyl (C=O) groups is 1. The fourth-order valence-corrected chi connectivity index (χ4v) is 2.79. The summed E-state index contributed by atoms with van der Waals surface area (Å²) in [7, 11) is 0. The molecule has 0 spiro atoms. The van der Waals surface area contributed by atoms with E-state index in [-0.39, 0.29) is 17.9 Å². The Morgan fingerprint density at radius 1 is 0.879 bits per heavy atom. The van der Waals surface area contributed by atoms with Crippen molar-refractivity contribution in [2.24, 2.45) is 5.10 Å². The molecule has 172 valence electrons. The number of carbonyl (C=O) groups excluding carboxylic acids is 1. The van der Waals surface area contributed by atoms with E-state index >= 15 is 0 Å². The van der Waals surface area contributed by atoms with Crippen molar-refractivity contribution >= 4 is 12.1 Å². The van der Waals surface area contributed by atoms with Crippen molar-refractivity contribution in [3.05, 3.63) is 78.4 Å². The molecule has 0 aliphatic heterocycles. The molecule has 0 heterocycles. The first-order chi connectivity index (χ1) is 15.9. The number of hydrogen-bond acceptors (Lipinski definition) is 5. The van der Waals surface area contributed by atoms with Gasteiger partial charge in [-0.15, -0.1) is 0 Å². The summed E-state index contributed by atoms with van der Waals surface area (Å²) in [5, 5.41) is 3.67. The van der Waals surface area contributed by atoms with Gasteiger partial charge in [-0.2, -0.15) is 22.7 Å². The fraction of sp³-hybridized carbons (Fsp3) is 0.130. The maximum atomic E-state index is 12.6. The minimum Gasteiger partial charge on any atom is -0.483 e. The van der Waals surface area contributed by atoms with Gasteiger partial charge in [-0.05, 0) is 23.8 Å². The Morgan fingerprint density at radius 3 is 2.30 bits per heavy atom. The van der Waals surface area contributed by atoms with Crippen LogP contribution in [0.4, 0.5) is 17.6 Å². The van der Waals surface area contributed by atoms with Crippen LogP contribution in [0.1, 0.15) is 5.56 Å². The van der Waals surface area contributed by atoms with Crippen molar-refractivity contribution in [2.75, 3.05) is 6.61 Å². The Labute approximate surface area is 186 Å². The molecule has 10 heteroatoms. The smallest absolute Gasteiger partial charge is 0.387 e. The molecule has 0 saturated heterocycles. The van der Waals surface area contributed by atoms with Crippen molar-refractivity contribution in [1.82, 2.24) is 5.43 Å². The first-order valence-corrected chi connectivity index (χ1v) is 9.55. The lowest BCUT2D eigenvalue weighted by atomic mass is 10.1. The van der Waals surface area contributed by atoms with Gasteiger partial charge in [0.05, 0.1) is 6.21 Å². The number of rotatable bonds is 10. The number of hydrogen-bond donors (Lipinski definition) is 1. The molecule has 1 N–H and O–H groups in total. The minimum absolute atomic E-state index is 0.00700. The number of benzene rings is 3. The van der Waals surface area contributed by atoms with Gasteiger partial charge >= 0.3 is 13.2 Å². The van der Waals surface area contributed by atoms with E-state index in [0.717, 1.165) is 29.5 Å². The van der Waals surface area contributed by atoms with E-state index in [2.05, 4.69) is 20.0 Å². The van der Waals surface area contributed by atoms with Crippen LogP contribution in [0.15, 0.2) is 77.9 Å². The summed E-state index contributed by atoms with van der Waals surface area (Å²) in [5.41, 5.74) is 3.92. The standard InChI is InChI=1S/C23H18F4N2O4/c24-22(25)32-17-11-10-16(20(12-17)33-23(26)27)13-28-29-21(30)14-31-19-9-5-4-8-18(19)15-6-2-1-3-7-15/h1-13,22-23H,14H2,(H,29,30)/b28-13+. The Bertz CT molecular complexity index is 1090. The first-order valence-electron chi connectivity index (χ1n) is 9.55. The predicted molar refractivity (Wildman–Crippen MR) is 113 cm³/mol. The number of ether oxygens (including phenoxy) is 3. The number of alkyl halides is 4. The molecule has 0 unspecified atom stereocenters. The van der Waals surface area contributed by atoms with Crippen LogP contribution in [-0.2, 0) is 4.79 Å². The van der Waals surface area contributed by atoms with Crippen LogP contribution in [0.2, 0.25) is 0 Å². The van der Waals surface area contributed by atoms with Gasteiger partial charge < -0.3 is 14.2 Å². The van der Waals surface area contributed by atoms with Crippen LogP contribution in [0, 0.1) is 0 Å². The van der Waals surface area contributed by atoms with E-state index in [4.69, 9.17) is 4.74 Å². The molecule has 6 nitrogen and oxygen atoms in total. The van der Waals surface area contributed by atoms with E-state index in [1.165, 1.54) is 6.07 Å². The molecule has 0 atom stereocenters. The van der Waals surface area contributed by atoms with Crippen molar-refractivity contribution in [3.63, 3.8) is 0 Å². The summed E-state index contributed by atoms with van der Waals surface area (Å²) in [5.74, 6) is -0.935. The lowest BCUT2D eigenvalue weighted by Gasteiger charge is -2.11. The second-order valence-electron chi connectivity index (χ2n) is 6.40. The van der Waals surface area contributed by atoms with Gasteiger partial charge in [0.25, 0.3) is 5.91 Å². The molecule has 0 aromatic heterocycles. The summed E-state index contributed by atoms with van der Waals surface area (Å²) in [6.07, 6.45) is 1.03. The number of nitrogens with zero attached hydrogens (tertiary/aromatic N) is 1. The highest BCUT2D eigenvalue weighted by Gasteiger charge is 2.13. The molecule has 3 rings (SSSR count). The van der Waals surface area contributed by atoms with Gasteiger partial charge in [-0.3, -0.25) is 4.79 Å². The topological polar surface area (TPSA) is 69.2 Å². The Morgan fingerprint density at radius 2 is 1.58 bits per heavy atom. The summed E-state index contributed by atoms with van der Waals surface area (Å²) < 4.78 is 63.9. The molecular formula is C23H18F4N2O4. The van der Waals surface area contributed by atoms with Crippen molar-refractivity contribution in [3.8, 4) is 28.4 Å². The van der Waals surface area contributed by atoms with Gasteiger partial charge in [0.1, 0.15) is 17.2 Å². The second-order valence-corrected chi connectivity index (χ2v) is 6.40. The first kappa shape index (κ1) is 23.6. The highest BCUT2D eigenvalue weighted by molar-refractivity contribution is 5.86. The van der Waals surface area contributed by atoms with Crippen LogP contribution in [-0.4, -0.2) is 32.0 Å². The second kappa shape index (κ2) is 11.5. The zero-order valence-electron chi connectivity index (χ0n) is 17.0. The van der Waals surface area contributed by atoms with E-state index < -0.39 is 24.9 Å². The van der Waals surface area contributed by atoms with E-state index in [9.17, 15) is 22.4 Å². The highest BCUT2D eigenvalue weighted by Crippen LogP contribution is 2.29. The summed E-state index contributed by atoms with van der Waals surface area (Å²) in [6, 6.07) is 19.8. The lowest BCUT2D eigenvalue weighted by molar-refractivity contribution is -0.123. The zero-order valence-corrected chi connectivity index (χ0v) is 17.0. The number of nitrogens with one attached hydrogen (secondary N) is 1. The molecular weight excluding hydrogens is 444 g/mol. The van der Waals surface area contributed by atoms with E-state index in [0.29, 0.717) is 5.75 Å². The maximum Gasteiger partial charge on any atom is 0.387 e. The Kier molecular flexibility index (Phi) is 8.23. The van der Waals surface area contributed by atoms with Crippen LogP contribution in [0.25, 0.3) is 11.1 Å². The SMILES string of the molecule is O=C(COc1ccccc1-c1ccccc1)N/N=C/c1ccc(OC(F)F)cc1OC(F)F. The van der Waals surface area contributed by atoms with Crippen molar-refractivity contribution < 1.29 is 36.6 Å². The van der Waals surface area contributed by atoms with Crippen LogP contribution in [0.5, 0.6) is 17.2 Å². The van der Waals surface area contributed by atoms with Crippen LogP contribution >= 0.6 is 0 Å². The van der Waals surface area contributed by atoms with Gasteiger partial charge in [0.2, 0.25) is 0 Å². The molecule has 3 aromatic carbocycles. The monoisotopic (exact) mass is 462 g/mol. The third kappa shape index (κ3) is 7.23. The van der Waals surface area contributed by atoms with Crippen molar-refractivity contribution in [2.45, 2.75) is 13.2 Å². The molecule has 0 aliphatic carbocycles. The minimum atomic E-state index is -3.20. The molecule has 0 aliphatic rings. The van der Waals surface area contributed by atoms with Crippen LogP contribution < -0.4 is 19.6 Å². The van der Waals surface area contributed by atoms with Gasteiger partial charge in [-0.1, -0.05) is 48.5 Å². The Balaban J connectivity index is 1.62. The average molecular weight is 462 g/mol. The maximum absolute atomic E-state index is 12.6. The molecule has 0 saturated carbocycles. The summed E-state index contributed by atoms with van der Waals surface area (Å²) >= 11 is 0. The number of halogens is 4. The summed E-state index contributed by atoms with van der Waals surface area (Å²) in [4.78, 5) is 12.1. The van der Waals surface area contributed by atoms with E-state index in [1.54, 1.807) is 12.1 Å². The quantitative estimate of drug-likeness (QED) is 0.259. The van der Waals surface area contributed by atoms with Gasteiger partial charge in [0, 0.05) is 17.2 Å². The molecule has 1 amide bonds. The molecule has 0 fully saturated rings. The number of hydrazone groups is 1. The number of para-hydroxylation sites is 1. The predicted octanol–water partition coefficient (Wildman–Crippen LogP) is 5.09. The third-order valence-corrected chi connectivity index (χ3v) is 4.15. The van der Waals surface area contributed by atoms with Gasteiger partial charge in [0.15, 0.2) is 6.61 Å². The molecule has 0 bridgehead atoms. The van der Waals surface area contributed by atoms with Crippen molar-refractivity contribution in [1.29, 1.82) is 0 Å². The normalized spacial score (nSPS) is 11.1. The highest BCUT2D eigenvalue weighted by atomic mass is 19.3. The Hall–Kier alpha value is -4.08. The lowest BCUT2D eigenvalue weighted by Crippen LogP contribution is -2.24. The average Bonchev–Trinajstić information content (AvgIpc) is 2.79. The number of amides is 1. The third-order valence-electron chi connectivity index (χ3n) is 4.15. The van der Waals surface area contributed by atoms with E-state index in [1.807, 2.05) is 42.5 Å². The largest absolute Gasteiger partial charge is 0.483 e. The van der Waals surface area contributed by atoms with Gasteiger partial charge in [-0.25, -0.2) is 5.43 Å².